The largest absolute Gasteiger partial charge is 0.290 e. The van der Waals surface area contributed by atoms with Crippen LogP contribution in [0.4, 0.5) is 0 Å². The normalized spacial score (nSPS) is 11.7. The minimum absolute atomic E-state index is 0.886. The molecule has 126 valence electrons. The van der Waals surface area contributed by atoms with Gasteiger partial charge >= 0.3 is 0 Å². The van der Waals surface area contributed by atoms with Crippen LogP contribution in [0, 0.1) is 13.8 Å². The van der Waals surface area contributed by atoms with Gasteiger partial charge in [-0.05, 0) is 52.4 Å². The highest BCUT2D eigenvalue weighted by Gasteiger charge is 2.20. The summed E-state index contributed by atoms with van der Waals surface area (Å²) >= 11 is 3.75. The summed E-state index contributed by atoms with van der Waals surface area (Å²) in [4.78, 5) is 4.93. The molecule has 0 spiro atoms. The molecule has 0 N–H and O–H groups in total. The molecule has 2 heterocycles. The molecule has 0 aliphatic heterocycles. The van der Waals surface area contributed by atoms with Gasteiger partial charge in [0.15, 0.2) is 0 Å². The van der Waals surface area contributed by atoms with Gasteiger partial charge in [-0.25, -0.2) is 4.98 Å². The number of aromatic nitrogens is 2. The Kier molecular flexibility index (Phi) is 3.41. The number of hydrogen-bond donors (Lipinski definition) is 0. The predicted octanol–water partition coefficient (Wildman–Crippen LogP) is 6.69. The number of para-hydroxylation sites is 1. The molecule has 3 aromatic carbocycles. The summed E-state index contributed by atoms with van der Waals surface area (Å²) in [6.45, 7) is 4.33. The van der Waals surface area contributed by atoms with Gasteiger partial charge in [0.2, 0.25) is 0 Å². The molecular weight excluding hydrogens is 384 g/mol. The predicted molar refractivity (Wildman–Crippen MR) is 113 cm³/mol. The molecule has 2 aromatic heterocycles. The van der Waals surface area contributed by atoms with Gasteiger partial charge < -0.3 is 0 Å². The van der Waals surface area contributed by atoms with E-state index < -0.39 is 0 Å². The quantitative estimate of drug-likeness (QED) is 0.286. The Morgan fingerprint density at radius 3 is 2.08 bits per heavy atom. The molecular formula is C23H17BrN2. The number of benzene rings is 3. The minimum Gasteiger partial charge on any atom is -0.290 e. The Labute approximate surface area is 160 Å². The highest BCUT2D eigenvalue weighted by Crippen LogP contribution is 2.38. The van der Waals surface area contributed by atoms with E-state index in [-0.39, 0.29) is 0 Å². The first-order chi connectivity index (χ1) is 12.7. The van der Waals surface area contributed by atoms with Crippen molar-refractivity contribution in [3.8, 4) is 11.3 Å². The molecule has 0 atom stereocenters. The van der Waals surface area contributed by atoms with Gasteiger partial charge in [-0.3, -0.25) is 4.40 Å². The minimum atomic E-state index is 0.886. The van der Waals surface area contributed by atoms with Crippen molar-refractivity contribution in [3.63, 3.8) is 0 Å². The van der Waals surface area contributed by atoms with Crippen molar-refractivity contribution in [3.05, 3.63) is 82.5 Å². The highest BCUT2D eigenvalue weighted by molar-refractivity contribution is 9.10. The Morgan fingerprint density at radius 2 is 1.35 bits per heavy atom. The molecule has 26 heavy (non-hydrogen) atoms. The molecule has 0 saturated heterocycles. The first-order valence-corrected chi connectivity index (χ1v) is 9.50. The lowest BCUT2D eigenvalue weighted by atomic mass is 10.00. The average molecular weight is 401 g/mol. The topological polar surface area (TPSA) is 17.3 Å². The van der Waals surface area contributed by atoms with Crippen LogP contribution in [0.15, 0.2) is 71.3 Å². The smallest absolute Gasteiger partial charge is 0.147 e. The molecule has 3 heteroatoms. The van der Waals surface area contributed by atoms with Crippen LogP contribution in [0.1, 0.15) is 11.1 Å². The highest BCUT2D eigenvalue weighted by atomic mass is 79.9. The van der Waals surface area contributed by atoms with Crippen molar-refractivity contribution in [2.24, 2.45) is 0 Å². The molecule has 0 aliphatic carbocycles. The Bertz CT molecular complexity index is 1290. The maximum atomic E-state index is 4.93. The van der Waals surface area contributed by atoms with Crippen LogP contribution in [-0.4, -0.2) is 9.38 Å². The fraction of sp³-hybridized carbons (Fsp3) is 0.0870. The lowest BCUT2D eigenvalue weighted by molar-refractivity contribution is 1.24. The fourth-order valence-corrected chi connectivity index (χ4v) is 4.57. The molecule has 2 nitrogen and oxygen atoms in total. The van der Waals surface area contributed by atoms with Gasteiger partial charge in [0.1, 0.15) is 10.3 Å². The number of rotatable bonds is 1. The number of halogens is 1. The van der Waals surface area contributed by atoms with Crippen molar-refractivity contribution in [1.82, 2.24) is 9.38 Å². The van der Waals surface area contributed by atoms with E-state index >= 15 is 0 Å². The Hall–Kier alpha value is -2.65. The summed E-state index contributed by atoms with van der Waals surface area (Å²) in [5, 5.41) is 3.65. The van der Waals surface area contributed by atoms with Crippen LogP contribution >= 0.6 is 15.9 Å². The zero-order valence-electron chi connectivity index (χ0n) is 14.6. The monoisotopic (exact) mass is 400 g/mol. The van der Waals surface area contributed by atoms with E-state index in [9.17, 15) is 0 Å². The van der Waals surface area contributed by atoms with Gasteiger partial charge in [-0.1, -0.05) is 60.7 Å². The standard InChI is InChI=1S/C23H17BrN2/c1-14-8-7-9-15(2)20(14)21-22(24)25-23-18-12-4-3-10-16(18)17-11-5-6-13-19(17)26(21)23/h3-13H,1-2H3. The second-order valence-electron chi connectivity index (χ2n) is 6.74. The third-order valence-corrected chi connectivity index (χ3v) is 5.71. The molecule has 0 saturated carbocycles. The lowest BCUT2D eigenvalue weighted by Gasteiger charge is -2.13. The van der Waals surface area contributed by atoms with Crippen LogP contribution in [0.25, 0.3) is 38.6 Å². The summed E-state index contributed by atoms with van der Waals surface area (Å²) < 4.78 is 3.19. The van der Waals surface area contributed by atoms with E-state index in [1.54, 1.807) is 0 Å². The number of aryl methyl sites for hydroxylation is 2. The van der Waals surface area contributed by atoms with Gasteiger partial charge in [-0.2, -0.15) is 0 Å². The number of fused-ring (bicyclic) bond motifs is 6. The number of pyridine rings is 1. The zero-order valence-corrected chi connectivity index (χ0v) is 16.2. The fourth-order valence-electron chi connectivity index (χ4n) is 4.02. The summed E-state index contributed by atoms with van der Waals surface area (Å²) in [6, 6.07) is 23.5. The SMILES string of the molecule is Cc1cccc(C)c1-c1c(Br)nc2c3ccccc3c3ccccc3n12. The molecule has 0 unspecified atom stereocenters. The third-order valence-electron chi connectivity index (χ3n) is 5.16. The van der Waals surface area contributed by atoms with Crippen LogP contribution in [0.3, 0.4) is 0 Å². The molecule has 0 amide bonds. The maximum absolute atomic E-state index is 4.93. The van der Waals surface area contributed by atoms with Crippen molar-refractivity contribution < 1.29 is 0 Å². The lowest BCUT2D eigenvalue weighted by Crippen LogP contribution is -1.96. The van der Waals surface area contributed by atoms with E-state index in [4.69, 9.17) is 4.98 Å². The van der Waals surface area contributed by atoms with Crippen LogP contribution in [0.2, 0.25) is 0 Å². The van der Waals surface area contributed by atoms with Crippen molar-refractivity contribution in [2.75, 3.05) is 0 Å². The summed E-state index contributed by atoms with van der Waals surface area (Å²) in [7, 11) is 0. The summed E-state index contributed by atoms with van der Waals surface area (Å²) in [5.74, 6) is 0. The summed E-state index contributed by atoms with van der Waals surface area (Å²) in [5.41, 5.74) is 7.04. The Morgan fingerprint density at radius 1 is 0.731 bits per heavy atom. The van der Waals surface area contributed by atoms with Crippen LogP contribution in [-0.2, 0) is 0 Å². The molecule has 5 rings (SSSR count). The average Bonchev–Trinajstić information content (AvgIpc) is 2.99. The first-order valence-electron chi connectivity index (χ1n) is 8.71. The number of hydrogen-bond acceptors (Lipinski definition) is 1. The zero-order chi connectivity index (χ0) is 17.8. The second-order valence-corrected chi connectivity index (χ2v) is 7.49. The van der Waals surface area contributed by atoms with E-state index in [1.807, 2.05) is 0 Å². The molecule has 0 fully saturated rings. The number of nitrogens with zero attached hydrogens (tertiary/aromatic N) is 2. The Balaban J connectivity index is 2.10. The van der Waals surface area contributed by atoms with Crippen LogP contribution < -0.4 is 0 Å². The van der Waals surface area contributed by atoms with Crippen LogP contribution in [0.5, 0.6) is 0 Å². The van der Waals surface area contributed by atoms with E-state index in [2.05, 4.69) is 101 Å². The third kappa shape index (κ3) is 2.07. The molecule has 5 aromatic rings. The molecule has 0 radical (unpaired) electrons. The van der Waals surface area contributed by atoms with E-state index in [0.29, 0.717) is 0 Å². The van der Waals surface area contributed by atoms with Crippen molar-refractivity contribution in [2.45, 2.75) is 13.8 Å². The molecule has 0 bridgehead atoms. The van der Waals surface area contributed by atoms with Gasteiger partial charge in [0, 0.05) is 16.3 Å². The number of imidazole rings is 1. The second kappa shape index (κ2) is 5.68. The van der Waals surface area contributed by atoms with Crippen molar-refractivity contribution >= 4 is 43.3 Å². The van der Waals surface area contributed by atoms with Gasteiger partial charge in [0.25, 0.3) is 0 Å². The van der Waals surface area contributed by atoms with E-state index in [1.165, 1.54) is 38.4 Å². The molecule has 0 aliphatic rings. The van der Waals surface area contributed by atoms with Gasteiger partial charge in [0.05, 0.1) is 11.2 Å². The van der Waals surface area contributed by atoms with Gasteiger partial charge in [-0.15, -0.1) is 0 Å². The van der Waals surface area contributed by atoms with Crippen molar-refractivity contribution in [1.29, 1.82) is 0 Å². The summed E-state index contributed by atoms with van der Waals surface area (Å²) in [6.07, 6.45) is 0. The maximum Gasteiger partial charge on any atom is 0.147 e. The van der Waals surface area contributed by atoms with E-state index in [0.717, 1.165) is 15.9 Å². The first kappa shape index (κ1) is 15.6.